The Morgan fingerprint density at radius 2 is 2.22 bits per heavy atom. The number of rotatable bonds is 4. The molecule has 3 nitrogen and oxygen atoms in total. The van der Waals surface area contributed by atoms with Gasteiger partial charge in [0.1, 0.15) is 0 Å². The van der Waals surface area contributed by atoms with Crippen LogP contribution in [0, 0.1) is 18.3 Å². The van der Waals surface area contributed by atoms with Crippen molar-refractivity contribution in [3.05, 3.63) is 41.7 Å². The Kier molecular flexibility index (Phi) is 3.78. The van der Waals surface area contributed by atoms with Crippen LogP contribution in [0.25, 0.3) is 11.1 Å². The molecule has 2 aromatic rings. The Bertz CT molecular complexity index is 576. The fraction of sp³-hybridized carbons (Fsp3) is 0.333. The lowest BCUT2D eigenvalue weighted by atomic mass is 10.0. The number of unbranched alkanes of at least 4 members (excludes halogenated alkanes) is 1. The molecule has 0 radical (unpaired) electrons. The third-order valence-corrected chi connectivity index (χ3v) is 3.05. The fourth-order valence-electron chi connectivity index (χ4n) is 1.95. The van der Waals surface area contributed by atoms with Gasteiger partial charge in [0, 0.05) is 18.3 Å². The van der Waals surface area contributed by atoms with Gasteiger partial charge in [-0.15, -0.1) is 0 Å². The van der Waals surface area contributed by atoms with Crippen molar-refractivity contribution >= 4 is 0 Å². The van der Waals surface area contributed by atoms with Gasteiger partial charge in [0.05, 0.1) is 17.8 Å². The van der Waals surface area contributed by atoms with Crippen LogP contribution in [0.1, 0.15) is 30.9 Å². The maximum Gasteiger partial charge on any atom is 0.0991 e. The fourth-order valence-corrected chi connectivity index (χ4v) is 1.95. The van der Waals surface area contributed by atoms with Crippen molar-refractivity contribution in [2.75, 3.05) is 0 Å². The van der Waals surface area contributed by atoms with Crippen molar-refractivity contribution in [3.8, 4) is 17.2 Å². The maximum absolute atomic E-state index is 8.95. The number of nitrogens with zero attached hydrogens (tertiary/aromatic N) is 3. The van der Waals surface area contributed by atoms with E-state index in [4.69, 9.17) is 5.26 Å². The molecule has 2 rings (SSSR count). The van der Waals surface area contributed by atoms with Crippen LogP contribution < -0.4 is 0 Å². The number of hydrogen-bond acceptors (Lipinski definition) is 2. The zero-order chi connectivity index (χ0) is 13.0. The van der Waals surface area contributed by atoms with Gasteiger partial charge in [0.25, 0.3) is 0 Å². The van der Waals surface area contributed by atoms with Crippen molar-refractivity contribution in [2.45, 2.75) is 33.2 Å². The summed E-state index contributed by atoms with van der Waals surface area (Å²) in [5.41, 5.74) is 4.04. The van der Waals surface area contributed by atoms with Crippen molar-refractivity contribution in [3.63, 3.8) is 0 Å². The van der Waals surface area contributed by atoms with Gasteiger partial charge in [-0.3, -0.25) is 4.68 Å². The van der Waals surface area contributed by atoms with Crippen molar-refractivity contribution < 1.29 is 0 Å². The normalized spacial score (nSPS) is 10.3. The lowest BCUT2D eigenvalue weighted by Crippen LogP contribution is -1.96. The first-order chi connectivity index (χ1) is 8.74. The Morgan fingerprint density at radius 3 is 2.94 bits per heavy atom. The highest BCUT2D eigenvalue weighted by Gasteiger charge is 2.06. The highest BCUT2D eigenvalue weighted by Crippen LogP contribution is 2.24. The molecule has 3 heteroatoms. The molecule has 0 N–H and O–H groups in total. The topological polar surface area (TPSA) is 41.6 Å². The van der Waals surface area contributed by atoms with Crippen molar-refractivity contribution in [2.24, 2.45) is 0 Å². The predicted molar refractivity (Wildman–Crippen MR) is 72.0 cm³/mol. The molecule has 0 aliphatic carbocycles. The Hall–Kier alpha value is -2.08. The number of aromatic nitrogens is 2. The molecule has 0 spiro atoms. The van der Waals surface area contributed by atoms with E-state index in [9.17, 15) is 0 Å². The van der Waals surface area contributed by atoms with E-state index >= 15 is 0 Å². The number of aryl methyl sites for hydroxylation is 2. The molecule has 0 aliphatic rings. The van der Waals surface area contributed by atoms with E-state index in [1.54, 1.807) is 0 Å². The first-order valence-corrected chi connectivity index (χ1v) is 6.28. The van der Waals surface area contributed by atoms with Gasteiger partial charge in [-0.2, -0.15) is 10.4 Å². The molecule has 18 heavy (non-hydrogen) atoms. The second-order valence-electron chi connectivity index (χ2n) is 4.49. The molecule has 0 atom stereocenters. The zero-order valence-electron chi connectivity index (χ0n) is 10.8. The second kappa shape index (κ2) is 5.50. The highest BCUT2D eigenvalue weighted by molar-refractivity contribution is 5.67. The van der Waals surface area contributed by atoms with Crippen LogP contribution in [0.15, 0.2) is 30.6 Å². The quantitative estimate of drug-likeness (QED) is 0.819. The van der Waals surface area contributed by atoms with Crippen LogP contribution in [-0.2, 0) is 6.54 Å². The average Bonchev–Trinajstić information content (AvgIpc) is 2.85. The van der Waals surface area contributed by atoms with Crippen LogP contribution in [0.5, 0.6) is 0 Å². The molecule has 0 saturated heterocycles. The summed E-state index contributed by atoms with van der Waals surface area (Å²) in [6.07, 6.45) is 6.23. The summed E-state index contributed by atoms with van der Waals surface area (Å²) in [6.45, 7) is 5.18. The van der Waals surface area contributed by atoms with Gasteiger partial charge in [-0.05, 0) is 36.6 Å². The summed E-state index contributed by atoms with van der Waals surface area (Å²) >= 11 is 0. The van der Waals surface area contributed by atoms with Gasteiger partial charge >= 0.3 is 0 Å². The van der Waals surface area contributed by atoms with Gasteiger partial charge in [-0.1, -0.05) is 19.4 Å². The summed E-state index contributed by atoms with van der Waals surface area (Å²) in [5.74, 6) is 0. The van der Waals surface area contributed by atoms with Gasteiger partial charge in [0.2, 0.25) is 0 Å². The van der Waals surface area contributed by atoms with E-state index in [1.165, 1.54) is 5.56 Å². The van der Waals surface area contributed by atoms with Gasteiger partial charge in [-0.25, -0.2) is 0 Å². The van der Waals surface area contributed by atoms with E-state index < -0.39 is 0 Å². The summed E-state index contributed by atoms with van der Waals surface area (Å²) in [4.78, 5) is 0. The van der Waals surface area contributed by atoms with Crippen LogP contribution in [0.2, 0.25) is 0 Å². The van der Waals surface area contributed by atoms with Gasteiger partial charge < -0.3 is 0 Å². The van der Waals surface area contributed by atoms with E-state index in [0.29, 0.717) is 5.56 Å². The third kappa shape index (κ3) is 2.60. The smallest absolute Gasteiger partial charge is 0.0991 e. The maximum atomic E-state index is 8.95. The van der Waals surface area contributed by atoms with Crippen LogP contribution >= 0.6 is 0 Å². The minimum Gasteiger partial charge on any atom is -0.272 e. The number of nitriles is 1. The third-order valence-electron chi connectivity index (χ3n) is 3.05. The molecule has 0 bridgehead atoms. The summed E-state index contributed by atoms with van der Waals surface area (Å²) < 4.78 is 1.97. The summed E-state index contributed by atoms with van der Waals surface area (Å²) in [6, 6.07) is 7.94. The summed E-state index contributed by atoms with van der Waals surface area (Å²) in [7, 11) is 0. The average molecular weight is 239 g/mol. The van der Waals surface area contributed by atoms with E-state index in [0.717, 1.165) is 30.5 Å². The predicted octanol–water partition coefficient (Wildman–Crippen LogP) is 3.53. The molecular formula is C15H17N3. The number of hydrogen-bond donors (Lipinski definition) is 0. The Labute approximate surface area is 108 Å². The summed E-state index contributed by atoms with van der Waals surface area (Å²) in [5, 5.41) is 13.3. The standard InChI is InChI=1S/C15H17N3/c1-3-4-7-18-11-14(10-17-18)15-8-13(9-16)6-5-12(15)2/h5-6,8,10-11H,3-4,7H2,1-2H3. The molecule has 1 aromatic heterocycles. The minimum atomic E-state index is 0.692. The van der Waals surface area contributed by atoms with Crippen LogP contribution in [0.3, 0.4) is 0 Å². The molecule has 92 valence electrons. The Morgan fingerprint density at radius 1 is 1.39 bits per heavy atom. The number of benzene rings is 1. The molecule has 0 unspecified atom stereocenters. The molecule has 1 aromatic carbocycles. The van der Waals surface area contributed by atoms with Crippen LogP contribution in [0.4, 0.5) is 0 Å². The monoisotopic (exact) mass is 239 g/mol. The van der Waals surface area contributed by atoms with Gasteiger partial charge in [0.15, 0.2) is 0 Å². The van der Waals surface area contributed by atoms with Crippen LogP contribution in [-0.4, -0.2) is 9.78 Å². The lowest BCUT2D eigenvalue weighted by Gasteiger charge is -2.03. The minimum absolute atomic E-state index is 0.692. The molecule has 0 saturated carbocycles. The van der Waals surface area contributed by atoms with E-state index in [2.05, 4.69) is 31.2 Å². The first kappa shape index (κ1) is 12.4. The SMILES string of the molecule is CCCCn1cc(-c2cc(C#N)ccc2C)cn1. The molecule has 1 heterocycles. The molecule has 0 aliphatic heterocycles. The lowest BCUT2D eigenvalue weighted by molar-refractivity contribution is 0.572. The zero-order valence-corrected chi connectivity index (χ0v) is 10.8. The molecule has 0 fully saturated rings. The second-order valence-corrected chi connectivity index (χ2v) is 4.49. The highest BCUT2D eigenvalue weighted by atomic mass is 15.3. The van der Waals surface area contributed by atoms with Crippen molar-refractivity contribution in [1.29, 1.82) is 5.26 Å². The Balaban J connectivity index is 2.31. The van der Waals surface area contributed by atoms with E-state index in [1.807, 2.05) is 29.1 Å². The first-order valence-electron chi connectivity index (χ1n) is 6.28. The largest absolute Gasteiger partial charge is 0.272 e. The molecule has 0 amide bonds. The van der Waals surface area contributed by atoms with Crippen molar-refractivity contribution in [1.82, 2.24) is 9.78 Å². The molecular weight excluding hydrogens is 222 g/mol. The van der Waals surface area contributed by atoms with E-state index in [-0.39, 0.29) is 0 Å².